The topological polar surface area (TPSA) is 130 Å². The molecule has 0 aliphatic heterocycles. The molecule has 0 saturated heterocycles. The quantitative estimate of drug-likeness (QED) is 0.656. The number of rotatable bonds is 5. The fourth-order valence-electron chi connectivity index (χ4n) is 1.85. The van der Waals surface area contributed by atoms with Gasteiger partial charge in [0.05, 0.1) is 6.26 Å². The summed E-state index contributed by atoms with van der Waals surface area (Å²) in [5.74, 6) is -0.547. The predicted octanol–water partition coefficient (Wildman–Crippen LogP) is 1.80. The number of nitrogens with one attached hydrogen (secondary N) is 3. The molecular formula is C15H16N4O4S. The van der Waals surface area contributed by atoms with Gasteiger partial charge in [0.25, 0.3) is 0 Å². The van der Waals surface area contributed by atoms with Crippen molar-refractivity contribution in [2.45, 2.75) is 0 Å². The Balaban J connectivity index is 1.95. The molecule has 0 radical (unpaired) electrons. The third-order valence-electron chi connectivity index (χ3n) is 2.87. The normalized spacial score (nSPS) is 10.7. The number of carbonyl (C=O) groups excluding carboxylic acids is 2. The second-order valence-corrected chi connectivity index (χ2v) is 6.72. The summed E-state index contributed by atoms with van der Waals surface area (Å²) >= 11 is 0. The maximum Gasteiger partial charge on any atom is 0.323 e. The zero-order valence-electron chi connectivity index (χ0n) is 12.7. The first kappa shape index (κ1) is 17.3. The van der Waals surface area contributed by atoms with Crippen LogP contribution in [0.15, 0.2) is 48.5 Å². The minimum Gasteiger partial charge on any atom is -0.366 e. The lowest BCUT2D eigenvalue weighted by Gasteiger charge is -2.09. The van der Waals surface area contributed by atoms with Crippen LogP contribution in [0.2, 0.25) is 0 Å². The predicted molar refractivity (Wildman–Crippen MR) is 92.5 cm³/mol. The highest BCUT2D eigenvalue weighted by Gasteiger charge is 2.05. The van der Waals surface area contributed by atoms with E-state index in [2.05, 4.69) is 15.4 Å². The maximum absolute atomic E-state index is 11.9. The average molecular weight is 348 g/mol. The zero-order valence-corrected chi connectivity index (χ0v) is 13.6. The Morgan fingerprint density at radius 2 is 1.25 bits per heavy atom. The van der Waals surface area contributed by atoms with Crippen LogP contribution in [0.5, 0.6) is 0 Å². The first-order valence-electron chi connectivity index (χ1n) is 6.79. The number of primary amides is 1. The Kier molecular flexibility index (Phi) is 5.05. The molecule has 2 aromatic carbocycles. The van der Waals surface area contributed by atoms with Gasteiger partial charge in [0.15, 0.2) is 0 Å². The summed E-state index contributed by atoms with van der Waals surface area (Å²) in [6.45, 7) is 0. The highest BCUT2D eigenvalue weighted by Crippen LogP contribution is 2.15. The molecule has 0 atom stereocenters. The van der Waals surface area contributed by atoms with Gasteiger partial charge in [-0.2, -0.15) is 0 Å². The van der Waals surface area contributed by atoms with Crippen molar-refractivity contribution in [1.82, 2.24) is 0 Å². The van der Waals surface area contributed by atoms with Gasteiger partial charge in [0.1, 0.15) is 0 Å². The van der Waals surface area contributed by atoms with Gasteiger partial charge in [-0.1, -0.05) is 0 Å². The molecule has 0 fully saturated rings. The summed E-state index contributed by atoms with van der Waals surface area (Å²) in [5, 5.41) is 5.19. The van der Waals surface area contributed by atoms with Crippen LogP contribution in [0.1, 0.15) is 10.4 Å². The lowest BCUT2D eigenvalue weighted by atomic mass is 10.2. The smallest absolute Gasteiger partial charge is 0.323 e. The highest BCUT2D eigenvalue weighted by atomic mass is 32.2. The van der Waals surface area contributed by atoms with Crippen molar-refractivity contribution in [3.63, 3.8) is 0 Å². The van der Waals surface area contributed by atoms with E-state index in [1.807, 2.05) is 0 Å². The number of anilines is 3. The zero-order chi connectivity index (χ0) is 17.7. The van der Waals surface area contributed by atoms with E-state index in [1.165, 1.54) is 24.3 Å². The van der Waals surface area contributed by atoms with Crippen molar-refractivity contribution >= 4 is 39.0 Å². The summed E-state index contributed by atoms with van der Waals surface area (Å²) in [5.41, 5.74) is 6.85. The molecule has 0 aliphatic carbocycles. The number of hydrogen-bond acceptors (Lipinski definition) is 4. The number of benzene rings is 2. The Bertz CT molecular complexity index is 846. The molecule has 126 valence electrons. The highest BCUT2D eigenvalue weighted by molar-refractivity contribution is 7.92. The summed E-state index contributed by atoms with van der Waals surface area (Å²) in [4.78, 5) is 22.9. The molecule has 2 aromatic rings. The van der Waals surface area contributed by atoms with Gasteiger partial charge in [0.2, 0.25) is 15.9 Å². The minimum absolute atomic E-state index is 0.343. The Hall–Kier alpha value is -3.07. The molecule has 0 spiro atoms. The summed E-state index contributed by atoms with van der Waals surface area (Å²) < 4.78 is 24.5. The van der Waals surface area contributed by atoms with Gasteiger partial charge in [-0.15, -0.1) is 0 Å². The first-order chi connectivity index (χ1) is 11.2. The fourth-order valence-corrected chi connectivity index (χ4v) is 2.41. The molecule has 0 aliphatic rings. The van der Waals surface area contributed by atoms with Crippen LogP contribution in [0.3, 0.4) is 0 Å². The van der Waals surface area contributed by atoms with E-state index in [1.54, 1.807) is 24.3 Å². The summed E-state index contributed by atoms with van der Waals surface area (Å²) in [6.07, 6.45) is 1.05. The van der Waals surface area contributed by atoms with Crippen molar-refractivity contribution in [2.75, 3.05) is 21.6 Å². The van der Waals surface area contributed by atoms with E-state index in [9.17, 15) is 18.0 Å². The SMILES string of the molecule is CS(=O)(=O)Nc1ccc(NC(=O)Nc2ccc(C(N)=O)cc2)cc1. The van der Waals surface area contributed by atoms with Crippen LogP contribution in [0.4, 0.5) is 21.9 Å². The second kappa shape index (κ2) is 7.01. The monoisotopic (exact) mass is 348 g/mol. The minimum atomic E-state index is -3.35. The van der Waals surface area contributed by atoms with Crippen LogP contribution < -0.4 is 21.1 Å². The molecule has 0 saturated carbocycles. The molecule has 2 rings (SSSR count). The van der Waals surface area contributed by atoms with Gasteiger partial charge in [-0.25, -0.2) is 13.2 Å². The first-order valence-corrected chi connectivity index (χ1v) is 8.68. The fraction of sp³-hybridized carbons (Fsp3) is 0.0667. The van der Waals surface area contributed by atoms with Crippen LogP contribution in [-0.4, -0.2) is 26.6 Å². The van der Waals surface area contributed by atoms with Crippen molar-refractivity contribution in [2.24, 2.45) is 5.73 Å². The molecule has 8 nitrogen and oxygen atoms in total. The van der Waals surface area contributed by atoms with Gasteiger partial charge < -0.3 is 16.4 Å². The number of urea groups is 1. The van der Waals surface area contributed by atoms with Gasteiger partial charge in [-0.05, 0) is 48.5 Å². The second-order valence-electron chi connectivity index (χ2n) is 4.97. The molecule has 24 heavy (non-hydrogen) atoms. The Morgan fingerprint density at radius 1 is 0.833 bits per heavy atom. The van der Waals surface area contributed by atoms with Crippen LogP contribution in [0.25, 0.3) is 0 Å². The van der Waals surface area contributed by atoms with Gasteiger partial charge >= 0.3 is 6.03 Å². The van der Waals surface area contributed by atoms with Gasteiger partial charge in [0, 0.05) is 22.6 Å². The molecule has 3 amide bonds. The number of carbonyl (C=O) groups is 2. The van der Waals surface area contributed by atoms with E-state index < -0.39 is 22.0 Å². The Labute approximate surface area is 139 Å². The number of hydrogen-bond donors (Lipinski definition) is 4. The largest absolute Gasteiger partial charge is 0.366 e. The summed E-state index contributed by atoms with van der Waals surface area (Å²) in [7, 11) is -3.35. The molecule has 5 N–H and O–H groups in total. The molecule has 0 unspecified atom stereocenters. The van der Waals surface area contributed by atoms with E-state index in [0.29, 0.717) is 22.6 Å². The lowest BCUT2D eigenvalue weighted by molar-refractivity contribution is 0.100. The number of sulfonamides is 1. The molecule has 0 aromatic heterocycles. The third-order valence-corrected chi connectivity index (χ3v) is 3.48. The van der Waals surface area contributed by atoms with Gasteiger partial charge in [-0.3, -0.25) is 9.52 Å². The van der Waals surface area contributed by atoms with E-state index >= 15 is 0 Å². The van der Waals surface area contributed by atoms with Crippen molar-refractivity contribution in [3.8, 4) is 0 Å². The third kappa shape index (κ3) is 5.29. The number of nitrogens with two attached hydrogens (primary N) is 1. The van der Waals surface area contributed by atoms with Crippen molar-refractivity contribution in [3.05, 3.63) is 54.1 Å². The Morgan fingerprint density at radius 3 is 1.67 bits per heavy atom. The van der Waals surface area contributed by atoms with Crippen LogP contribution >= 0.6 is 0 Å². The molecule has 0 heterocycles. The molecular weight excluding hydrogens is 332 g/mol. The molecule has 0 bridgehead atoms. The van der Waals surface area contributed by atoms with E-state index in [-0.39, 0.29) is 0 Å². The standard InChI is InChI=1S/C15H16N4O4S/c1-24(22,23)19-13-8-6-12(7-9-13)18-15(21)17-11-4-2-10(3-5-11)14(16)20/h2-9,19H,1H3,(H2,16,20)(H2,17,18,21). The van der Waals surface area contributed by atoms with E-state index in [0.717, 1.165) is 6.26 Å². The lowest BCUT2D eigenvalue weighted by Crippen LogP contribution is -2.19. The van der Waals surface area contributed by atoms with Crippen molar-refractivity contribution in [1.29, 1.82) is 0 Å². The van der Waals surface area contributed by atoms with Crippen molar-refractivity contribution < 1.29 is 18.0 Å². The average Bonchev–Trinajstić information content (AvgIpc) is 2.48. The molecule has 9 heteroatoms. The van der Waals surface area contributed by atoms with E-state index in [4.69, 9.17) is 5.73 Å². The number of amides is 3. The summed E-state index contributed by atoms with van der Waals surface area (Å²) in [6, 6.07) is 11.8. The van der Waals surface area contributed by atoms with Crippen LogP contribution in [-0.2, 0) is 10.0 Å². The maximum atomic E-state index is 11.9. The van der Waals surface area contributed by atoms with Crippen LogP contribution in [0, 0.1) is 0 Å².